The number of aromatic hydroxyl groups is 2. The van der Waals surface area contributed by atoms with E-state index in [0.29, 0.717) is 11.4 Å². The molecule has 6 nitrogen and oxygen atoms in total. The number of pyridine rings is 1. The maximum atomic E-state index is 9.48. The van der Waals surface area contributed by atoms with Crippen LogP contribution in [0.1, 0.15) is 5.56 Å². The van der Waals surface area contributed by atoms with Crippen LogP contribution in [0.3, 0.4) is 0 Å². The number of nitrogens with zero attached hydrogens (tertiary/aromatic N) is 3. The minimum atomic E-state index is -0.234. The molecular formula is C14H11N3O3. The molecule has 3 rings (SSSR count). The minimum Gasteiger partial charge on any atom is -0.504 e. The van der Waals surface area contributed by atoms with Crippen LogP contribution < -0.4 is 0 Å². The molecule has 0 spiro atoms. The zero-order valence-corrected chi connectivity index (χ0v) is 10.6. The van der Waals surface area contributed by atoms with Gasteiger partial charge in [-0.05, 0) is 36.8 Å². The van der Waals surface area contributed by atoms with Crippen LogP contribution in [0, 0.1) is 6.92 Å². The maximum absolute atomic E-state index is 9.48. The third kappa shape index (κ3) is 2.07. The molecule has 0 aliphatic carbocycles. The summed E-state index contributed by atoms with van der Waals surface area (Å²) in [6.07, 6.45) is 3.38. The van der Waals surface area contributed by atoms with Crippen molar-refractivity contribution in [3.63, 3.8) is 0 Å². The first-order valence-electron chi connectivity index (χ1n) is 5.92. The summed E-state index contributed by atoms with van der Waals surface area (Å²) in [6, 6.07) is 6.13. The summed E-state index contributed by atoms with van der Waals surface area (Å²) in [6.45, 7) is 1.91. The molecule has 20 heavy (non-hydrogen) atoms. The Hall–Kier alpha value is -2.89. The zero-order chi connectivity index (χ0) is 14.1. The predicted molar refractivity (Wildman–Crippen MR) is 71.0 cm³/mol. The summed E-state index contributed by atoms with van der Waals surface area (Å²) in [5, 5.41) is 22.7. The zero-order valence-electron chi connectivity index (χ0n) is 10.6. The highest BCUT2D eigenvalue weighted by atomic mass is 16.5. The third-order valence-corrected chi connectivity index (χ3v) is 2.91. The van der Waals surface area contributed by atoms with Crippen molar-refractivity contribution in [2.75, 3.05) is 0 Å². The Labute approximate surface area is 114 Å². The molecule has 0 saturated carbocycles. The first-order chi connectivity index (χ1) is 9.65. The van der Waals surface area contributed by atoms with Gasteiger partial charge < -0.3 is 14.7 Å². The molecule has 0 saturated heterocycles. The fourth-order valence-corrected chi connectivity index (χ4v) is 1.83. The number of hydrogen-bond donors (Lipinski definition) is 2. The van der Waals surface area contributed by atoms with Crippen LogP contribution in [0.4, 0.5) is 0 Å². The van der Waals surface area contributed by atoms with Gasteiger partial charge in [0.05, 0.1) is 0 Å². The first kappa shape index (κ1) is 12.2. The van der Waals surface area contributed by atoms with E-state index in [9.17, 15) is 10.2 Å². The van der Waals surface area contributed by atoms with E-state index in [1.807, 2.05) is 6.92 Å². The number of phenolic OH excluding ortho intramolecular Hbond substituents is 2. The molecule has 0 atom stereocenters. The number of phenols is 2. The molecular weight excluding hydrogens is 258 g/mol. The Kier molecular flexibility index (Phi) is 2.83. The molecule has 0 fully saturated rings. The fraction of sp³-hybridized carbons (Fsp3) is 0.0714. The second-order valence-corrected chi connectivity index (χ2v) is 4.32. The topological polar surface area (TPSA) is 92.3 Å². The van der Waals surface area contributed by atoms with Crippen molar-refractivity contribution in [2.24, 2.45) is 0 Å². The lowest BCUT2D eigenvalue weighted by atomic mass is 10.1. The van der Waals surface area contributed by atoms with Gasteiger partial charge >= 0.3 is 0 Å². The molecule has 100 valence electrons. The van der Waals surface area contributed by atoms with E-state index in [4.69, 9.17) is 4.52 Å². The van der Waals surface area contributed by atoms with Crippen molar-refractivity contribution in [1.82, 2.24) is 15.1 Å². The summed E-state index contributed by atoms with van der Waals surface area (Å²) in [5.41, 5.74) is 2.30. The average molecular weight is 269 g/mol. The van der Waals surface area contributed by atoms with Gasteiger partial charge in [-0.1, -0.05) is 5.16 Å². The van der Waals surface area contributed by atoms with Crippen LogP contribution in [0.2, 0.25) is 0 Å². The maximum Gasteiger partial charge on any atom is 0.258 e. The fourth-order valence-electron chi connectivity index (χ4n) is 1.83. The molecule has 0 aliphatic rings. The van der Waals surface area contributed by atoms with Gasteiger partial charge in [0.2, 0.25) is 5.82 Å². The van der Waals surface area contributed by atoms with Gasteiger partial charge in [-0.2, -0.15) is 4.98 Å². The summed E-state index contributed by atoms with van der Waals surface area (Å²) >= 11 is 0. The SMILES string of the molecule is Cc1cnccc1-c1noc(-c2ccc(O)c(O)c2)n1. The van der Waals surface area contributed by atoms with E-state index in [1.54, 1.807) is 24.5 Å². The predicted octanol–water partition coefficient (Wildman–Crippen LogP) is 2.52. The quantitative estimate of drug-likeness (QED) is 0.694. The van der Waals surface area contributed by atoms with Gasteiger partial charge in [-0.25, -0.2) is 0 Å². The number of hydrogen-bond acceptors (Lipinski definition) is 6. The van der Waals surface area contributed by atoms with E-state index in [1.165, 1.54) is 12.1 Å². The van der Waals surface area contributed by atoms with E-state index in [2.05, 4.69) is 15.1 Å². The summed E-state index contributed by atoms with van der Waals surface area (Å²) in [7, 11) is 0. The monoisotopic (exact) mass is 269 g/mol. The minimum absolute atomic E-state index is 0.196. The molecule has 0 bridgehead atoms. The number of aryl methyl sites for hydroxylation is 1. The van der Waals surface area contributed by atoms with E-state index in [0.717, 1.165) is 11.1 Å². The normalized spacial score (nSPS) is 10.7. The first-order valence-corrected chi connectivity index (χ1v) is 5.92. The van der Waals surface area contributed by atoms with Crippen LogP contribution in [-0.2, 0) is 0 Å². The van der Waals surface area contributed by atoms with Crippen molar-refractivity contribution in [3.05, 3.63) is 42.2 Å². The van der Waals surface area contributed by atoms with Gasteiger partial charge in [0.25, 0.3) is 5.89 Å². The standard InChI is InChI=1S/C14H11N3O3/c1-8-7-15-5-4-10(8)13-16-14(20-17-13)9-2-3-11(18)12(19)6-9/h2-7,18-19H,1H3. The van der Waals surface area contributed by atoms with Crippen LogP contribution in [0.25, 0.3) is 22.8 Å². The van der Waals surface area contributed by atoms with Gasteiger partial charge in [0, 0.05) is 23.5 Å². The average Bonchev–Trinajstić information content (AvgIpc) is 2.92. The van der Waals surface area contributed by atoms with Crippen molar-refractivity contribution in [3.8, 4) is 34.3 Å². The Bertz CT molecular complexity index is 768. The molecule has 2 N–H and O–H groups in total. The molecule has 2 aromatic heterocycles. The van der Waals surface area contributed by atoms with E-state index >= 15 is 0 Å². The van der Waals surface area contributed by atoms with E-state index in [-0.39, 0.29) is 17.4 Å². The van der Waals surface area contributed by atoms with Crippen LogP contribution in [0.5, 0.6) is 11.5 Å². The molecule has 1 aromatic carbocycles. The number of aromatic nitrogens is 3. The van der Waals surface area contributed by atoms with Gasteiger partial charge in [0.1, 0.15) is 0 Å². The van der Waals surface area contributed by atoms with Gasteiger partial charge in [-0.3, -0.25) is 4.98 Å². The lowest BCUT2D eigenvalue weighted by molar-refractivity contribution is 0.402. The highest BCUT2D eigenvalue weighted by Gasteiger charge is 2.13. The molecule has 0 unspecified atom stereocenters. The van der Waals surface area contributed by atoms with Gasteiger partial charge in [-0.15, -0.1) is 0 Å². The Balaban J connectivity index is 2.02. The third-order valence-electron chi connectivity index (χ3n) is 2.91. The largest absolute Gasteiger partial charge is 0.504 e. The molecule has 0 radical (unpaired) electrons. The second-order valence-electron chi connectivity index (χ2n) is 4.32. The molecule has 0 amide bonds. The van der Waals surface area contributed by atoms with Crippen LogP contribution in [0.15, 0.2) is 41.2 Å². The number of rotatable bonds is 2. The Morgan fingerprint density at radius 2 is 1.95 bits per heavy atom. The van der Waals surface area contributed by atoms with Crippen molar-refractivity contribution < 1.29 is 14.7 Å². The smallest absolute Gasteiger partial charge is 0.258 e. The van der Waals surface area contributed by atoms with Crippen molar-refractivity contribution in [2.45, 2.75) is 6.92 Å². The van der Waals surface area contributed by atoms with Crippen molar-refractivity contribution >= 4 is 0 Å². The summed E-state index contributed by atoms with van der Waals surface area (Å²) in [4.78, 5) is 8.29. The molecule has 2 heterocycles. The Morgan fingerprint density at radius 1 is 1.10 bits per heavy atom. The van der Waals surface area contributed by atoms with Crippen LogP contribution in [-0.4, -0.2) is 25.3 Å². The van der Waals surface area contributed by atoms with Crippen LogP contribution >= 0.6 is 0 Å². The summed E-state index contributed by atoms with van der Waals surface area (Å²) in [5.74, 6) is 0.291. The van der Waals surface area contributed by atoms with E-state index < -0.39 is 0 Å². The summed E-state index contributed by atoms with van der Waals surface area (Å²) < 4.78 is 5.18. The van der Waals surface area contributed by atoms with Crippen molar-refractivity contribution in [1.29, 1.82) is 0 Å². The molecule has 3 aromatic rings. The number of benzene rings is 1. The lowest BCUT2D eigenvalue weighted by Gasteiger charge is -1.99. The highest BCUT2D eigenvalue weighted by Crippen LogP contribution is 2.30. The Morgan fingerprint density at radius 3 is 2.70 bits per heavy atom. The lowest BCUT2D eigenvalue weighted by Crippen LogP contribution is -1.86. The van der Waals surface area contributed by atoms with Gasteiger partial charge in [0.15, 0.2) is 11.5 Å². The highest BCUT2D eigenvalue weighted by molar-refractivity contribution is 5.63. The second kappa shape index (κ2) is 4.65. The molecule has 0 aliphatic heterocycles. The molecule has 6 heteroatoms.